The van der Waals surface area contributed by atoms with E-state index >= 15 is 0 Å². The largest absolute Gasteiger partial charge is 0.350 e. The van der Waals surface area contributed by atoms with Crippen molar-refractivity contribution >= 4 is 5.91 Å². The van der Waals surface area contributed by atoms with Crippen LogP contribution in [0.15, 0.2) is 6.07 Å². The van der Waals surface area contributed by atoms with Crippen molar-refractivity contribution in [3.63, 3.8) is 0 Å². The van der Waals surface area contributed by atoms with Crippen molar-refractivity contribution in [2.24, 2.45) is 5.92 Å². The predicted octanol–water partition coefficient (Wildman–Crippen LogP) is 2.56. The first-order valence-electron chi connectivity index (χ1n) is 7.07. The van der Waals surface area contributed by atoms with Gasteiger partial charge in [0.25, 0.3) is 0 Å². The van der Waals surface area contributed by atoms with Gasteiger partial charge in [-0.1, -0.05) is 26.2 Å². The van der Waals surface area contributed by atoms with E-state index in [9.17, 15) is 4.79 Å². The summed E-state index contributed by atoms with van der Waals surface area (Å²) in [5.74, 6) is 0.779. The zero-order valence-electron chi connectivity index (χ0n) is 11.2. The maximum atomic E-state index is 11.8. The molecule has 4 nitrogen and oxygen atoms in total. The number of carbonyl (C=O) groups excluding carboxylic acids is 1. The fourth-order valence-electron chi connectivity index (χ4n) is 2.60. The van der Waals surface area contributed by atoms with Gasteiger partial charge in [-0.15, -0.1) is 0 Å². The van der Waals surface area contributed by atoms with Gasteiger partial charge in [0.15, 0.2) is 0 Å². The zero-order chi connectivity index (χ0) is 12.8. The summed E-state index contributed by atoms with van der Waals surface area (Å²) in [4.78, 5) is 11.8. The Kier molecular flexibility index (Phi) is 4.79. The van der Waals surface area contributed by atoms with Crippen LogP contribution >= 0.6 is 0 Å². The summed E-state index contributed by atoms with van der Waals surface area (Å²) in [6, 6.07) is 2.01. The van der Waals surface area contributed by atoms with E-state index in [4.69, 9.17) is 0 Å². The van der Waals surface area contributed by atoms with Gasteiger partial charge < -0.3 is 5.32 Å². The van der Waals surface area contributed by atoms with E-state index in [-0.39, 0.29) is 5.91 Å². The third-order valence-electron chi connectivity index (χ3n) is 3.72. The van der Waals surface area contributed by atoms with Crippen LogP contribution in [0.2, 0.25) is 0 Å². The van der Waals surface area contributed by atoms with E-state index < -0.39 is 0 Å². The molecule has 0 saturated heterocycles. The lowest BCUT2D eigenvalue weighted by Gasteiger charge is -2.20. The molecule has 0 radical (unpaired) electrons. The maximum Gasteiger partial charge on any atom is 0.220 e. The highest BCUT2D eigenvalue weighted by molar-refractivity contribution is 5.76. The Morgan fingerprint density at radius 2 is 2.22 bits per heavy atom. The predicted molar refractivity (Wildman–Crippen MR) is 71.0 cm³/mol. The first-order valence-corrected chi connectivity index (χ1v) is 7.07. The number of hydrogen-bond donors (Lipinski definition) is 2. The summed E-state index contributed by atoms with van der Waals surface area (Å²) in [5.41, 5.74) is 2.04. The Bertz CT molecular complexity index is 380. The maximum absolute atomic E-state index is 11.8. The Morgan fingerprint density at radius 3 is 2.89 bits per heavy atom. The lowest BCUT2D eigenvalue weighted by atomic mass is 9.87. The van der Waals surface area contributed by atoms with E-state index in [1.807, 2.05) is 6.07 Å². The number of hydrogen-bond acceptors (Lipinski definition) is 2. The SMILES string of the molecule is CCc1cc(CNC(=O)CC2CCCCC2)[nH]n1. The third-order valence-corrected chi connectivity index (χ3v) is 3.72. The molecule has 1 aromatic rings. The molecule has 0 spiro atoms. The molecule has 4 heteroatoms. The lowest BCUT2D eigenvalue weighted by Crippen LogP contribution is -2.26. The van der Waals surface area contributed by atoms with Crippen LogP contribution in [0.1, 0.15) is 56.8 Å². The van der Waals surface area contributed by atoms with Crippen LogP contribution < -0.4 is 5.32 Å². The van der Waals surface area contributed by atoms with Crippen molar-refractivity contribution < 1.29 is 4.79 Å². The number of aromatic nitrogens is 2. The van der Waals surface area contributed by atoms with E-state index in [0.29, 0.717) is 18.9 Å². The number of H-pyrrole nitrogens is 1. The first kappa shape index (κ1) is 13.1. The number of aromatic amines is 1. The monoisotopic (exact) mass is 249 g/mol. The van der Waals surface area contributed by atoms with Crippen molar-refractivity contribution in [2.45, 2.75) is 58.4 Å². The molecule has 0 aliphatic heterocycles. The Hall–Kier alpha value is -1.32. The van der Waals surface area contributed by atoms with Gasteiger partial charge >= 0.3 is 0 Å². The highest BCUT2D eigenvalue weighted by Gasteiger charge is 2.16. The summed E-state index contributed by atoms with van der Waals surface area (Å²) in [5, 5.41) is 10.1. The summed E-state index contributed by atoms with van der Waals surface area (Å²) in [6.07, 6.45) is 7.97. The summed E-state index contributed by atoms with van der Waals surface area (Å²) >= 11 is 0. The van der Waals surface area contributed by atoms with Gasteiger partial charge in [0.2, 0.25) is 5.91 Å². The van der Waals surface area contributed by atoms with Gasteiger partial charge in [-0.05, 0) is 31.2 Å². The number of aryl methyl sites for hydroxylation is 1. The fourth-order valence-corrected chi connectivity index (χ4v) is 2.60. The normalized spacial score (nSPS) is 16.7. The van der Waals surface area contributed by atoms with Gasteiger partial charge in [0.1, 0.15) is 0 Å². The summed E-state index contributed by atoms with van der Waals surface area (Å²) in [7, 11) is 0. The number of amides is 1. The molecule has 18 heavy (non-hydrogen) atoms. The molecule has 100 valence electrons. The van der Waals surface area contributed by atoms with Gasteiger partial charge in [-0.25, -0.2) is 0 Å². The summed E-state index contributed by atoms with van der Waals surface area (Å²) < 4.78 is 0. The van der Waals surface area contributed by atoms with Crippen LogP contribution in [-0.4, -0.2) is 16.1 Å². The molecule has 1 aromatic heterocycles. The van der Waals surface area contributed by atoms with E-state index in [2.05, 4.69) is 22.4 Å². The molecule has 1 amide bonds. The molecule has 1 heterocycles. The van der Waals surface area contributed by atoms with Crippen LogP contribution in [0.4, 0.5) is 0 Å². The first-order chi connectivity index (χ1) is 8.78. The van der Waals surface area contributed by atoms with Gasteiger partial charge in [-0.3, -0.25) is 9.89 Å². The van der Waals surface area contributed by atoms with Crippen LogP contribution in [-0.2, 0) is 17.8 Å². The van der Waals surface area contributed by atoms with Crippen LogP contribution in [0.3, 0.4) is 0 Å². The third kappa shape index (κ3) is 3.86. The minimum atomic E-state index is 0.176. The molecular formula is C14H23N3O. The molecule has 2 N–H and O–H groups in total. The topological polar surface area (TPSA) is 57.8 Å². The molecule has 1 aliphatic carbocycles. The van der Waals surface area contributed by atoms with Crippen molar-refractivity contribution in [2.75, 3.05) is 0 Å². The minimum Gasteiger partial charge on any atom is -0.350 e. The van der Waals surface area contributed by atoms with Crippen LogP contribution in [0.5, 0.6) is 0 Å². The molecular weight excluding hydrogens is 226 g/mol. The average molecular weight is 249 g/mol. The van der Waals surface area contributed by atoms with Crippen molar-refractivity contribution in [1.29, 1.82) is 0 Å². The van der Waals surface area contributed by atoms with Gasteiger partial charge in [0.05, 0.1) is 17.9 Å². The Morgan fingerprint density at radius 1 is 1.44 bits per heavy atom. The Labute approximate surface area is 109 Å². The number of rotatable bonds is 5. The molecule has 0 atom stereocenters. The van der Waals surface area contributed by atoms with Gasteiger partial charge in [-0.2, -0.15) is 5.10 Å². The van der Waals surface area contributed by atoms with E-state index in [1.165, 1.54) is 32.1 Å². The van der Waals surface area contributed by atoms with Crippen LogP contribution in [0.25, 0.3) is 0 Å². The second kappa shape index (κ2) is 6.57. The highest BCUT2D eigenvalue weighted by Crippen LogP contribution is 2.26. The van der Waals surface area contributed by atoms with Crippen molar-refractivity contribution in [1.82, 2.24) is 15.5 Å². The molecule has 2 rings (SSSR count). The fraction of sp³-hybridized carbons (Fsp3) is 0.714. The second-order valence-electron chi connectivity index (χ2n) is 5.22. The van der Waals surface area contributed by atoms with Crippen LogP contribution in [0, 0.1) is 5.92 Å². The number of nitrogens with zero attached hydrogens (tertiary/aromatic N) is 1. The lowest BCUT2D eigenvalue weighted by molar-refractivity contribution is -0.122. The average Bonchev–Trinajstić information content (AvgIpc) is 2.85. The molecule has 1 fully saturated rings. The number of nitrogens with one attached hydrogen (secondary N) is 2. The molecule has 0 bridgehead atoms. The highest BCUT2D eigenvalue weighted by atomic mass is 16.1. The standard InChI is InChI=1S/C14H23N3O/c1-2-12-9-13(17-16-12)10-15-14(18)8-11-6-4-3-5-7-11/h9,11H,2-8,10H2,1H3,(H,15,18)(H,16,17). The molecule has 1 saturated carbocycles. The van der Waals surface area contributed by atoms with Gasteiger partial charge in [0, 0.05) is 6.42 Å². The smallest absolute Gasteiger partial charge is 0.220 e. The van der Waals surface area contributed by atoms with Crippen molar-refractivity contribution in [3.8, 4) is 0 Å². The molecule has 0 aromatic carbocycles. The Balaban J connectivity index is 1.70. The number of carbonyl (C=O) groups is 1. The quantitative estimate of drug-likeness (QED) is 0.842. The zero-order valence-corrected chi connectivity index (χ0v) is 11.2. The molecule has 1 aliphatic rings. The summed E-state index contributed by atoms with van der Waals surface area (Å²) in [6.45, 7) is 2.64. The minimum absolute atomic E-state index is 0.176. The van der Waals surface area contributed by atoms with E-state index in [1.54, 1.807) is 0 Å². The van der Waals surface area contributed by atoms with Crippen molar-refractivity contribution in [3.05, 3.63) is 17.5 Å². The van der Waals surface area contributed by atoms with E-state index in [0.717, 1.165) is 17.8 Å². The molecule has 0 unspecified atom stereocenters. The second-order valence-corrected chi connectivity index (χ2v) is 5.22.